The van der Waals surface area contributed by atoms with Crippen LogP contribution in [0.25, 0.3) is 0 Å². The fraction of sp³-hybridized carbons (Fsp3) is 0.364. The Labute approximate surface area is 98.1 Å². The van der Waals surface area contributed by atoms with Crippen LogP contribution >= 0.6 is 15.9 Å². The minimum atomic E-state index is 0.858. The highest BCUT2D eigenvalue weighted by Gasteiger charge is 2.08. The van der Waals surface area contributed by atoms with E-state index in [1.807, 2.05) is 0 Å². The summed E-state index contributed by atoms with van der Waals surface area (Å²) in [6.45, 7) is 6.00. The number of rotatable bonds is 1. The molecule has 0 saturated carbocycles. The minimum absolute atomic E-state index is 0.858. The fourth-order valence-electron chi connectivity index (χ4n) is 1.53. The Balaban J connectivity index is 2.25. The average molecular weight is 268 g/mol. The molecule has 0 aliphatic carbocycles. The van der Waals surface area contributed by atoms with Crippen LogP contribution < -0.4 is 10.6 Å². The van der Waals surface area contributed by atoms with Gasteiger partial charge in [0.05, 0.1) is 6.54 Å². The van der Waals surface area contributed by atoms with Crippen LogP contribution in [-0.2, 0) is 0 Å². The molecular weight excluding hydrogens is 254 g/mol. The highest BCUT2D eigenvalue weighted by Crippen LogP contribution is 2.25. The van der Waals surface area contributed by atoms with Crippen LogP contribution in [0.1, 0.15) is 11.1 Å². The standard InChI is InChI=1S/C11H14BrN3/c1-7-8(2)10(4-3-9(7)12)15-11-13-5-6-14-11/h3-4H,5-6H2,1-2H3,(H2,13,14,15). The van der Waals surface area contributed by atoms with Gasteiger partial charge in [0, 0.05) is 16.7 Å². The number of nitrogens with one attached hydrogen (secondary N) is 2. The number of hydrogen-bond donors (Lipinski definition) is 2. The Kier molecular flexibility index (Phi) is 2.95. The molecule has 1 heterocycles. The van der Waals surface area contributed by atoms with Gasteiger partial charge in [-0.15, -0.1) is 0 Å². The van der Waals surface area contributed by atoms with E-state index in [1.54, 1.807) is 0 Å². The number of halogens is 1. The van der Waals surface area contributed by atoms with Gasteiger partial charge in [0.15, 0.2) is 5.96 Å². The zero-order chi connectivity index (χ0) is 10.8. The maximum Gasteiger partial charge on any atom is 0.195 e. The second-order valence-electron chi connectivity index (χ2n) is 3.63. The van der Waals surface area contributed by atoms with Crippen molar-refractivity contribution in [1.82, 2.24) is 5.32 Å². The molecule has 0 saturated heterocycles. The summed E-state index contributed by atoms with van der Waals surface area (Å²) in [6, 6.07) is 4.12. The van der Waals surface area contributed by atoms with Crippen LogP contribution in [0.5, 0.6) is 0 Å². The SMILES string of the molecule is Cc1c(Br)ccc(NC2=NCCN2)c1C. The molecule has 0 fully saturated rings. The molecule has 0 aromatic heterocycles. The van der Waals surface area contributed by atoms with Crippen molar-refractivity contribution in [2.24, 2.45) is 4.99 Å². The maximum absolute atomic E-state index is 4.31. The van der Waals surface area contributed by atoms with Crippen LogP contribution in [0.15, 0.2) is 21.6 Å². The summed E-state index contributed by atoms with van der Waals surface area (Å²) < 4.78 is 1.15. The second kappa shape index (κ2) is 4.23. The maximum atomic E-state index is 4.31. The molecule has 2 N–H and O–H groups in total. The molecule has 3 nitrogen and oxygen atoms in total. The van der Waals surface area contributed by atoms with Gasteiger partial charge in [0.25, 0.3) is 0 Å². The Bertz CT molecular complexity index is 413. The van der Waals surface area contributed by atoms with E-state index in [0.717, 1.165) is 29.2 Å². The molecule has 1 aromatic carbocycles. The molecule has 0 amide bonds. The first-order chi connectivity index (χ1) is 7.18. The Morgan fingerprint density at radius 2 is 2.13 bits per heavy atom. The summed E-state index contributed by atoms with van der Waals surface area (Å²) in [5, 5.41) is 6.49. The van der Waals surface area contributed by atoms with Crippen molar-refractivity contribution in [2.45, 2.75) is 13.8 Å². The van der Waals surface area contributed by atoms with Gasteiger partial charge < -0.3 is 10.6 Å². The summed E-state index contributed by atoms with van der Waals surface area (Å²) in [5.74, 6) is 0.875. The highest BCUT2D eigenvalue weighted by atomic mass is 79.9. The highest BCUT2D eigenvalue weighted by molar-refractivity contribution is 9.10. The number of hydrogen-bond acceptors (Lipinski definition) is 3. The molecule has 0 bridgehead atoms. The van der Waals surface area contributed by atoms with Crippen LogP contribution in [0.2, 0.25) is 0 Å². The average Bonchev–Trinajstić information content (AvgIpc) is 2.72. The van der Waals surface area contributed by atoms with Gasteiger partial charge in [-0.05, 0) is 37.1 Å². The topological polar surface area (TPSA) is 36.4 Å². The van der Waals surface area contributed by atoms with E-state index in [2.05, 4.69) is 57.5 Å². The second-order valence-corrected chi connectivity index (χ2v) is 4.48. The van der Waals surface area contributed by atoms with Crippen molar-refractivity contribution >= 4 is 27.6 Å². The molecule has 4 heteroatoms. The lowest BCUT2D eigenvalue weighted by Gasteiger charge is -2.12. The fourth-order valence-corrected chi connectivity index (χ4v) is 1.96. The number of anilines is 1. The largest absolute Gasteiger partial charge is 0.354 e. The lowest BCUT2D eigenvalue weighted by atomic mass is 10.1. The summed E-state index contributed by atoms with van der Waals surface area (Å²) in [7, 11) is 0. The van der Waals surface area contributed by atoms with Crippen molar-refractivity contribution in [3.8, 4) is 0 Å². The van der Waals surface area contributed by atoms with Crippen LogP contribution in [0.3, 0.4) is 0 Å². The molecule has 1 aromatic rings. The van der Waals surface area contributed by atoms with Gasteiger partial charge in [-0.1, -0.05) is 15.9 Å². The van der Waals surface area contributed by atoms with Crippen molar-refractivity contribution in [3.63, 3.8) is 0 Å². The Morgan fingerprint density at radius 3 is 2.80 bits per heavy atom. The number of nitrogens with zero attached hydrogens (tertiary/aromatic N) is 1. The Morgan fingerprint density at radius 1 is 1.33 bits per heavy atom. The van der Waals surface area contributed by atoms with Crippen LogP contribution in [-0.4, -0.2) is 19.0 Å². The zero-order valence-corrected chi connectivity index (χ0v) is 10.5. The van der Waals surface area contributed by atoms with E-state index in [4.69, 9.17) is 0 Å². The van der Waals surface area contributed by atoms with Gasteiger partial charge >= 0.3 is 0 Å². The molecule has 80 valence electrons. The van der Waals surface area contributed by atoms with Crippen molar-refractivity contribution < 1.29 is 0 Å². The lowest BCUT2D eigenvalue weighted by molar-refractivity contribution is 0.959. The summed E-state index contributed by atoms with van der Waals surface area (Å²) in [5.41, 5.74) is 3.63. The summed E-state index contributed by atoms with van der Waals surface area (Å²) in [4.78, 5) is 4.31. The third-order valence-electron chi connectivity index (χ3n) is 2.65. The summed E-state index contributed by atoms with van der Waals surface area (Å²) >= 11 is 3.52. The molecule has 0 spiro atoms. The van der Waals surface area contributed by atoms with Gasteiger partial charge in [-0.2, -0.15) is 0 Å². The molecular formula is C11H14BrN3. The first kappa shape index (κ1) is 10.5. The molecule has 1 aliphatic heterocycles. The van der Waals surface area contributed by atoms with E-state index < -0.39 is 0 Å². The smallest absolute Gasteiger partial charge is 0.195 e. The number of aliphatic imine (C=N–C) groups is 1. The zero-order valence-electron chi connectivity index (χ0n) is 8.89. The summed E-state index contributed by atoms with van der Waals surface area (Å²) in [6.07, 6.45) is 0. The van der Waals surface area contributed by atoms with Crippen molar-refractivity contribution in [2.75, 3.05) is 18.4 Å². The van der Waals surface area contributed by atoms with E-state index in [1.165, 1.54) is 11.1 Å². The van der Waals surface area contributed by atoms with Gasteiger partial charge in [-0.25, -0.2) is 0 Å². The van der Waals surface area contributed by atoms with Gasteiger partial charge in [0.1, 0.15) is 0 Å². The Hall–Kier alpha value is -1.03. The van der Waals surface area contributed by atoms with Crippen molar-refractivity contribution in [3.05, 3.63) is 27.7 Å². The first-order valence-electron chi connectivity index (χ1n) is 4.99. The van der Waals surface area contributed by atoms with Crippen LogP contribution in [0, 0.1) is 13.8 Å². The molecule has 15 heavy (non-hydrogen) atoms. The molecule has 0 unspecified atom stereocenters. The molecule has 1 aliphatic rings. The van der Waals surface area contributed by atoms with Gasteiger partial charge in [-0.3, -0.25) is 4.99 Å². The third-order valence-corrected chi connectivity index (χ3v) is 3.51. The van der Waals surface area contributed by atoms with E-state index in [0.29, 0.717) is 0 Å². The third kappa shape index (κ3) is 2.15. The molecule has 0 radical (unpaired) electrons. The predicted molar refractivity (Wildman–Crippen MR) is 67.5 cm³/mol. The molecule has 0 atom stereocenters. The number of benzene rings is 1. The minimum Gasteiger partial charge on any atom is -0.354 e. The normalized spacial score (nSPS) is 14.7. The van der Waals surface area contributed by atoms with E-state index in [9.17, 15) is 0 Å². The monoisotopic (exact) mass is 267 g/mol. The van der Waals surface area contributed by atoms with Gasteiger partial charge in [0.2, 0.25) is 0 Å². The van der Waals surface area contributed by atoms with Crippen molar-refractivity contribution in [1.29, 1.82) is 0 Å². The first-order valence-corrected chi connectivity index (χ1v) is 5.79. The van der Waals surface area contributed by atoms with E-state index in [-0.39, 0.29) is 0 Å². The number of guanidine groups is 1. The molecule has 2 rings (SSSR count). The lowest BCUT2D eigenvalue weighted by Crippen LogP contribution is -2.26. The predicted octanol–water partition coefficient (Wildman–Crippen LogP) is 2.44. The van der Waals surface area contributed by atoms with Crippen LogP contribution in [0.4, 0.5) is 5.69 Å². The quantitative estimate of drug-likeness (QED) is 0.820. The van der Waals surface area contributed by atoms with E-state index >= 15 is 0 Å².